The van der Waals surface area contributed by atoms with Crippen molar-refractivity contribution in [2.24, 2.45) is 0 Å². The van der Waals surface area contributed by atoms with E-state index in [1.807, 2.05) is 0 Å². The van der Waals surface area contributed by atoms with Gasteiger partial charge < -0.3 is 13.7 Å². The third-order valence-corrected chi connectivity index (χ3v) is 5.11. The molecule has 188 valence electrons. The SMILES string of the molecule is CCOC(=O)c1ccc2c(OS(=O)(=O)C(F)(F)F)nn(-c3ccc(OC(F)(F)F)cc3)c(=O)c2c1. The lowest BCUT2D eigenvalue weighted by molar-refractivity contribution is -0.274. The number of fused-ring (bicyclic) bond motifs is 1. The number of hydrogen-bond donors (Lipinski definition) is 0. The van der Waals surface area contributed by atoms with E-state index in [2.05, 4.69) is 14.0 Å². The molecule has 0 saturated heterocycles. The minimum Gasteiger partial charge on any atom is -0.462 e. The summed E-state index contributed by atoms with van der Waals surface area (Å²) in [5, 5.41) is 2.52. The molecule has 3 rings (SSSR count). The van der Waals surface area contributed by atoms with Gasteiger partial charge in [-0.25, -0.2) is 4.79 Å². The fourth-order valence-electron chi connectivity index (χ4n) is 2.73. The zero-order valence-electron chi connectivity index (χ0n) is 17.2. The van der Waals surface area contributed by atoms with Gasteiger partial charge in [0.1, 0.15) is 5.75 Å². The van der Waals surface area contributed by atoms with Gasteiger partial charge in [0, 0.05) is 0 Å². The molecule has 35 heavy (non-hydrogen) atoms. The van der Waals surface area contributed by atoms with Gasteiger partial charge in [0.25, 0.3) is 11.4 Å². The molecule has 0 radical (unpaired) electrons. The van der Waals surface area contributed by atoms with Gasteiger partial charge in [-0.05, 0) is 49.4 Å². The number of rotatable bonds is 6. The normalized spacial score (nSPS) is 12.4. The molecule has 0 bridgehead atoms. The summed E-state index contributed by atoms with van der Waals surface area (Å²) in [4.78, 5) is 25.0. The van der Waals surface area contributed by atoms with Gasteiger partial charge in [-0.2, -0.15) is 26.3 Å². The molecule has 16 heteroatoms. The van der Waals surface area contributed by atoms with Crippen LogP contribution in [0.2, 0.25) is 0 Å². The second kappa shape index (κ2) is 9.09. The first-order valence-electron chi connectivity index (χ1n) is 9.24. The summed E-state index contributed by atoms with van der Waals surface area (Å²) in [7, 11) is -6.23. The molecular weight excluding hydrogens is 514 g/mol. The van der Waals surface area contributed by atoms with E-state index in [4.69, 9.17) is 4.74 Å². The number of nitrogens with zero attached hydrogens (tertiary/aromatic N) is 2. The highest BCUT2D eigenvalue weighted by molar-refractivity contribution is 7.88. The Morgan fingerprint density at radius 3 is 2.17 bits per heavy atom. The predicted molar refractivity (Wildman–Crippen MR) is 106 cm³/mol. The number of hydrogen-bond acceptors (Lipinski definition) is 8. The summed E-state index contributed by atoms with van der Waals surface area (Å²) in [5.74, 6) is -2.75. The third-order valence-electron chi connectivity index (χ3n) is 4.16. The van der Waals surface area contributed by atoms with E-state index in [1.54, 1.807) is 0 Å². The monoisotopic (exact) mass is 526 g/mol. The average Bonchev–Trinajstić information content (AvgIpc) is 2.74. The van der Waals surface area contributed by atoms with Crippen LogP contribution in [0.5, 0.6) is 11.6 Å². The van der Waals surface area contributed by atoms with Crippen LogP contribution in [0.25, 0.3) is 16.5 Å². The van der Waals surface area contributed by atoms with Gasteiger partial charge in [0.2, 0.25) is 0 Å². The first-order valence-corrected chi connectivity index (χ1v) is 10.6. The van der Waals surface area contributed by atoms with Crippen molar-refractivity contribution >= 4 is 26.9 Å². The number of aromatic nitrogens is 2. The van der Waals surface area contributed by atoms with Crippen molar-refractivity contribution in [2.75, 3.05) is 6.61 Å². The van der Waals surface area contributed by atoms with Crippen molar-refractivity contribution in [3.05, 3.63) is 58.4 Å². The lowest BCUT2D eigenvalue weighted by Gasteiger charge is -2.14. The number of esters is 1. The second-order valence-corrected chi connectivity index (χ2v) is 8.07. The Kier molecular flexibility index (Phi) is 6.70. The van der Waals surface area contributed by atoms with Gasteiger partial charge in [-0.3, -0.25) is 4.79 Å². The van der Waals surface area contributed by atoms with Crippen LogP contribution in [-0.4, -0.2) is 42.6 Å². The number of alkyl halides is 6. The Balaban J connectivity index is 2.23. The Bertz CT molecular complexity index is 1430. The molecule has 0 aliphatic heterocycles. The largest absolute Gasteiger partial charge is 0.573 e. The summed E-state index contributed by atoms with van der Waals surface area (Å²) >= 11 is 0. The van der Waals surface area contributed by atoms with Crippen molar-refractivity contribution < 1.29 is 53.2 Å². The lowest BCUT2D eigenvalue weighted by atomic mass is 10.1. The number of ether oxygens (including phenoxy) is 2. The zero-order valence-corrected chi connectivity index (χ0v) is 18.0. The van der Waals surface area contributed by atoms with E-state index in [1.165, 1.54) is 6.92 Å². The first-order chi connectivity index (χ1) is 16.1. The maximum atomic E-state index is 13.0. The molecule has 1 aromatic heterocycles. The molecule has 0 amide bonds. The van der Waals surface area contributed by atoms with Gasteiger partial charge in [-0.1, -0.05) is 0 Å². The summed E-state index contributed by atoms with van der Waals surface area (Å²) in [6.45, 7) is 1.46. The zero-order chi connectivity index (χ0) is 26.2. The van der Waals surface area contributed by atoms with Crippen LogP contribution >= 0.6 is 0 Å². The Hall–Kier alpha value is -3.82. The fraction of sp³-hybridized carbons (Fsp3) is 0.211. The average molecular weight is 526 g/mol. The topological polar surface area (TPSA) is 114 Å². The highest BCUT2D eigenvalue weighted by atomic mass is 32.2. The summed E-state index contributed by atoms with van der Waals surface area (Å²) in [6, 6.07) is 6.26. The van der Waals surface area contributed by atoms with Crippen LogP contribution in [0, 0.1) is 0 Å². The lowest BCUT2D eigenvalue weighted by Crippen LogP contribution is -2.30. The number of benzene rings is 2. The molecule has 0 saturated carbocycles. The van der Waals surface area contributed by atoms with Crippen molar-refractivity contribution in [3.63, 3.8) is 0 Å². The molecule has 0 unspecified atom stereocenters. The molecule has 9 nitrogen and oxygen atoms in total. The summed E-state index contributed by atoms with van der Waals surface area (Å²) in [5.41, 5.74) is -7.40. The van der Waals surface area contributed by atoms with Gasteiger partial charge in [0.05, 0.1) is 28.6 Å². The van der Waals surface area contributed by atoms with E-state index in [9.17, 15) is 44.3 Å². The summed E-state index contributed by atoms with van der Waals surface area (Å²) < 4.78 is 112. The molecule has 1 heterocycles. The molecule has 3 aromatic rings. The van der Waals surface area contributed by atoms with Crippen LogP contribution < -0.4 is 14.5 Å². The van der Waals surface area contributed by atoms with E-state index >= 15 is 0 Å². The number of halogens is 6. The molecule has 0 spiro atoms. The molecule has 0 aliphatic rings. The molecule has 0 N–H and O–H groups in total. The van der Waals surface area contributed by atoms with E-state index < -0.39 is 55.9 Å². The maximum Gasteiger partial charge on any atom is 0.573 e. The molecule has 2 aromatic carbocycles. The minimum atomic E-state index is -6.23. The number of carbonyl (C=O) groups excluding carboxylic acids is 1. The van der Waals surface area contributed by atoms with Crippen molar-refractivity contribution in [2.45, 2.75) is 18.8 Å². The Labute approximate surface area is 191 Å². The summed E-state index contributed by atoms with van der Waals surface area (Å²) in [6.07, 6.45) is -5.02. The fourth-order valence-corrected chi connectivity index (χ4v) is 3.16. The van der Waals surface area contributed by atoms with Gasteiger partial charge in [0.15, 0.2) is 0 Å². The van der Waals surface area contributed by atoms with Crippen LogP contribution in [0.4, 0.5) is 26.3 Å². The Morgan fingerprint density at radius 2 is 1.63 bits per heavy atom. The van der Waals surface area contributed by atoms with E-state index in [0.717, 1.165) is 42.5 Å². The van der Waals surface area contributed by atoms with Crippen molar-refractivity contribution in [1.82, 2.24) is 9.78 Å². The molecule has 0 aliphatic carbocycles. The standard InChI is InChI=1S/C19H12F6N2O7S/c1-2-32-17(29)10-3-8-13-14(9-10)16(28)27(26-15(13)34-35(30,31)19(23,24)25)11-4-6-12(7-5-11)33-18(20,21)22/h3-9H,2H2,1H3. The third kappa shape index (κ3) is 5.64. The van der Waals surface area contributed by atoms with Crippen molar-refractivity contribution in [3.8, 4) is 17.3 Å². The van der Waals surface area contributed by atoms with E-state index in [0.29, 0.717) is 4.68 Å². The molecule has 0 atom stereocenters. The second-order valence-electron chi connectivity index (χ2n) is 6.53. The van der Waals surface area contributed by atoms with Gasteiger partial charge >= 0.3 is 28.0 Å². The maximum absolute atomic E-state index is 13.0. The molecule has 0 fully saturated rings. The number of carbonyl (C=O) groups is 1. The van der Waals surface area contributed by atoms with E-state index in [-0.39, 0.29) is 17.9 Å². The van der Waals surface area contributed by atoms with Crippen molar-refractivity contribution in [1.29, 1.82) is 0 Å². The highest BCUT2D eigenvalue weighted by Crippen LogP contribution is 2.30. The smallest absolute Gasteiger partial charge is 0.462 e. The van der Waals surface area contributed by atoms with Crippen LogP contribution in [0.1, 0.15) is 17.3 Å². The predicted octanol–water partition coefficient (Wildman–Crippen LogP) is 3.69. The molecular formula is C19H12F6N2O7S. The minimum absolute atomic E-state index is 0.0397. The quantitative estimate of drug-likeness (QED) is 0.207. The first kappa shape index (κ1) is 25.8. The van der Waals surface area contributed by atoms with Gasteiger partial charge in [-0.15, -0.1) is 18.3 Å². The van der Waals surface area contributed by atoms with Crippen LogP contribution in [-0.2, 0) is 14.9 Å². The Morgan fingerprint density at radius 1 is 1.00 bits per heavy atom. The highest BCUT2D eigenvalue weighted by Gasteiger charge is 2.49. The van der Waals surface area contributed by atoms with Crippen LogP contribution in [0.15, 0.2) is 47.3 Å². The van der Waals surface area contributed by atoms with Crippen LogP contribution in [0.3, 0.4) is 0 Å².